The van der Waals surface area contributed by atoms with Gasteiger partial charge in [-0.25, -0.2) is 9.78 Å². The Labute approximate surface area is 204 Å². The molecule has 3 aromatic carbocycles. The molecule has 0 spiro atoms. The monoisotopic (exact) mass is 475 g/mol. The summed E-state index contributed by atoms with van der Waals surface area (Å²) >= 11 is 0. The molecule has 2 N–H and O–H groups in total. The minimum absolute atomic E-state index is 0.314. The minimum Gasteiger partial charge on any atom is -0.496 e. The second-order valence-corrected chi connectivity index (χ2v) is 8.01. The molecule has 182 valence electrons. The number of methoxy groups -OCH3 is 3. The molecule has 0 unspecified atom stereocenters. The first-order valence-corrected chi connectivity index (χ1v) is 11.2. The molecular weight excluding hydrogens is 446 g/mol. The summed E-state index contributed by atoms with van der Waals surface area (Å²) in [7, 11) is 6.42. The molecule has 4 rings (SSSR count). The number of aryl methyl sites for hydroxylation is 1. The smallest absolute Gasteiger partial charge is 0.406 e. The average Bonchev–Trinajstić information content (AvgIpc) is 2.88. The van der Waals surface area contributed by atoms with Crippen LogP contribution in [0.1, 0.15) is 11.1 Å². The SMILES string of the molecule is CNC(=O)OCCc1ccc(Nc2c3cc(C)c(OC)cc3nc3cc(OC)c(OC)cc23)cc1. The Morgan fingerprint density at radius 2 is 1.46 bits per heavy atom. The number of carbonyl (C=O) groups is 1. The standard InChI is InChI=1S/C27H29N3O5/c1-16-12-19-21(14-23(16)32-3)30-22-15-25(34-5)24(33-4)13-20(22)26(19)29-18-8-6-17(7-9-18)10-11-35-27(31)28-2/h6-9,12-15H,10-11H2,1-5H3,(H,28,31)(H,29,30). The second-order valence-electron chi connectivity index (χ2n) is 8.01. The van der Waals surface area contributed by atoms with Gasteiger partial charge in [-0.3, -0.25) is 0 Å². The number of amides is 1. The molecule has 0 radical (unpaired) electrons. The summed E-state index contributed by atoms with van der Waals surface area (Å²) in [6, 6.07) is 15.9. The molecule has 4 aromatic rings. The average molecular weight is 476 g/mol. The molecule has 1 amide bonds. The van der Waals surface area contributed by atoms with Crippen molar-refractivity contribution in [2.45, 2.75) is 13.3 Å². The first-order valence-electron chi connectivity index (χ1n) is 11.2. The predicted molar refractivity (Wildman–Crippen MR) is 137 cm³/mol. The molecule has 0 aliphatic carbocycles. The van der Waals surface area contributed by atoms with Gasteiger partial charge in [-0.1, -0.05) is 12.1 Å². The van der Waals surface area contributed by atoms with Gasteiger partial charge in [0.05, 0.1) is 44.7 Å². The third kappa shape index (κ3) is 5.01. The van der Waals surface area contributed by atoms with Gasteiger partial charge in [0.1, 0.15) is 5.75 Å². The lowest BCUT2D eigenvalue weighted by Gasteiger charge is -2.17. The molecule has 1 aromatic heterocycles. The molecule has 0 aliphatic rings. The largest absolute Gasteiger partial charge is 0.496 e. The van der Waals surface area contributed by atoms with Gasteiger partial charge in [-0.05, 0) is 42.3 Å². The number of hydrogen-bond donors (Lipinski definition) is 2. The van der Waals surface area contributed by atoms with Crippen molar-refractivity contribution in [1.82, 2.24) is 10.3 Å². The lowest BCUT2D eigenvalue weighted by Crippen LogP contribution is -2.20. The van der Waals surface area contributed by atoms with Gasteiger partial charge in [0, 0.05) is 42.1 Å². The molecule has 0 bridgehead atoms. The van der Waals surface area contributed by atoms with Crippen LogP contribution in [-0.2, 0) is 11.2 Å². The summed E-state index contributed by atoms with van der Waals surface area (Å²) in [5, 5.41) is 7.89. The third-order valence-corrected chi connectivity index (χ3v) is 5.85. The van der Waals surface area contributed by atoms with Crippen LogP contribution in [0.5, 0.6) is 17.2 Å². The molecule has 35 heavy (non-hydrogen) atoms. The van der Waals surface area contributed by atoms with Crippen LogP contribution in [0.15, 0.2) is 48.5 Å². The van der Waals surface area contributed by atoms with E-state index in [2.05, 4.69) is 16.7 Å². The van der Waals surface area contributed by atoms with Crippen molar-refractivity contribution in [1.29, 1.82) is 0 Å². The highest BCUT2D eigenvalue weighted by molar-refractivity contribution is 6.10. The summed E-state index contributed by atoms with van der Waals surface area (Å²) in [4.78, 5) is 16.1. The van der Waals surface area contributed by atoms with Gasteiger partial charge in [0.25, 0.3) is 0 Å². The van der Waals surface area contributed by atoms with Gasteiger partial charge < -0.3 is 29.6 Å². The van der Waals surface area contributed by atoms with Crippen molar-refractivity contribution < 1.29 is 23.7 Å². The van der Waals surface area contributed by atoms with E-state index in [1.807, 2.05) is 49.4 Å². The van der Waals surface area contributed by atoms with E-state index >= 15 is 0 Å². The molecule has 0 fully saturated rings. The number of alkyl carbamates (subject to hydrolysis) is 1. The van der Waals surface area contributed by atoms with Crippen molar-refractivity contribution in [2.24, 2.45) is 0 Å². The highest BCUT2D eigenvalue weighted by atomic mass is 16.5. The fourth-order valence-electron chi connectivity index (χ4n) is 3.99. The number of pyridine rings is 1. The number of nitrogens with one attached hydrogen (secondary N) is 2. The first kappa shape index (κ1) is 23.9. The number of fused-ring (bicyclic) bond motifs is 2. The second kappa shape index (κ2) is 10.4. The predicted octanol–water partition coefficient (Wildman–Crippen LogP) is 5.36. The topological polar surface area (TPSA) is 90.9 Å². The molecule has 1 heterocycles. The normalized spacial score (nSPS) is 10.8. The maximum absolute atomic E-state index is 11.3. The number of anilines is 2. The van der Waals surface area contributed by atoms with Gasteiger partial charge >= 0.3 is 6.09 Å². The Bertz CT molecular complexity index is 1370. The van der Waals surface area contributed by atoms with E-state index in [0.29, 0.717) is 24.5 Å². The Balaban J connectivity index is 1.76. The van der Waals surface area contributed by atoms with Crippen LogP contribution >= 0.6 is 0 Å². The van der Waals surface area contributed by atoms with Gasteiger partial charge in [-0.15, -0.1) is 0 Å². The van der Waals surface area contributed by atoms with Crippen molar-refractivity contribution >= 4 is 39.3 Å². The van der Waals surface area contributed by atoms with E-state index in [1.54, 1.807) is 28.4 Å². The van der Waals surface area contributed by atoms with Crippen molar-refractivity contribution in [2.75, 3.05) is 40.3 Å². The maximum Gasteiger partial charge on any atom is 0.406 e. The first-order chi connectivity index (χ1) is 17.0. The third-order valence-electron chi connectivity index (χ3n) is 5.85. The zero-order valence-corrected chi connectivity index (χ0v) is 20.5. The van der Waals surface area contributed by atoms with E-state index in [4.69, 9.17) is 23.9 Å². The number of ether oxygens (including phenoxy) is 4. The van der Waals surface area contributed by atoms with Crippen molar-refractivity contribution in [3.8, 4) is 17.2 Å². The van der Waals surface area contributed by atoms with E-state index in [0.717, 1.165) is 50.1 Å². The summed E-state index contributed by atoms with van der Waals surface area (Å²) in [6.45, 7) is 2.32. The van der Waals surface area contributed by atoms with Crippen LogP contribution < -0.4 is 24.8 Å². The van der Waals surface area contributed by atoms with E-state index in [1.165, 1.54) is 0 Å². The summed E-state index contributed by atoms with van der Waals surface area (Å²) in [5.41, 5.74) is 5.47. The molecule has 8 nitrogen and oxygen atoms in total. The minimum atomic E-state index is -0.432. The quantitative estimate of drug-likeness (QED) is 0.331. The molecule has 0 saturated heterocycles. The van der Waals surface area contributed by atoms with Crippen LogP contribution in [0, 0.1) is 6.92 Å². The zero-order chi connectivity index (χ0) is 24.9. The van der Waals surface area contributed by atoms with E-state index in [9.17, 15) is 4.79 Å². The number of benzene rings is 3. The number of carbonyl (C=O) groups excluding carboxylic acids is 1. The van der Waals surface area contributed by atoms with Crippen molar-refractivity contribution in [3.05, 3.63) is 59.7 Å². The molecule has 8 heteroatoms. The number of aromatic nitrogens is 1. The van der Waals surface area contributed by atoms with Gasteiger partial charge in [0.15, 0.2) is 11.5 Å². The summed E-state index contributed by atoms with van der Waals surface area (Å²) < 4.78 is 21.7. The number of hydrogen-bond acceptors (Lipinski definition) is 7. The van der Waals surface area contributed by atoms with E-state index < -0.39 is 6.09 Å². The van der Waals surface area contributed by atoms with E-state index in [-0.39, 0.29) is 0 Å². The number of nitrogens with zero attached hydrogens (tertiary/aromatic N) is 1. The van der Waals surface area contributed by atoms with Gasteiger partial charge in [-0.2, -0.15) is 0 Å². The van der Waals surface area contributed by atoms with Crippen LogP contribution in [0.25, 0.3) is 21.8 Å². The Hall–Kier alpha value is -4.20. The fourth-order valence-corrected chi connectivity index (χ4v) is 3.99. The van der Waals surface area contributed by atoms with Crippen molar-refractivity contribution in [3.63, 3.8) is 0 Å². The lowest BCUT2D eigenvalue weighted by molar-refractivity contribution is 0.150. The lowest BCUT2D eigenvalue weighted by atomic mass is 10.0. The Morgan fingerprint density at radius 1 is 0.857 bits per heavy atom. The maximum atomic E-state index is 11.3. The summed E-state index contributed by atoms with van der Waals surface area (Å²) in [5.74, 6) is 2.01. The van der Waals surface area contributed by atoms with Crippen LogP contribution in [0.4, 0.5) is 16.2 Å². The highest BCUT2D eigenvalue weighted by Crippen LogP contribution is 2.40. The van der Waals surface area contributed by atoms with Crippen LogP contribution in [-0.4, -0.2) is 46.1 Å². The summed E-state index contributed by atoms with van der Waals surface area (Å²) in [6.07, 6.45) is 0.198. The molecule has 0 atom stereocenters. The number of rotatable bonds is 8. The Kier molecular flexibility index (Phi) is 7.10. The molecule has 0 saturated carbocycles. The Morgan fingerprint density at radius 3 is 2.09 bits per heavy atom. The molecular formula is C27H29N3O5. The fraction of sp³-hybridized carbons (Fsp3) is 0.259. The highest BCUT2D eigenvalue weighted by Gasteiger charge is 2.16. The van der Waals surface area contributed by atoms with Crippen LogP contribution in [0.2, 0.25) is 0 Å². The zero-order valence-electron chi connectivity index (χ0n) is 20.5. The molecule has 0 aliphatic heterocycles. The van der Waals surface area contributed by atoms with Gasteiger partial charge in [0.2, 0.25) is 0 Å². The van der Waals surface area contributed by atoms with Crippen LogP contribution in [0.3, 0.4) is 0 Å².